The number of hydrogen-bond donors (Lipinski definition) is 2. The molecule has 0 radical (unpaired) electrons. The number of benzene rings is 1. The molecule has 7 heteroatoms. The molecule has 1 aromatic heterocycles. The highest BCUT2D eigenvalue weighted by Crippen LogP contribution is 2.22. The van der Waals surface area contributed by atoms with Gasteiger partial charge in [-0.15, -0.1) is 0 Å². The zero-order chi connectivity index (χ0) is 19.3. The van der Waals surface area contributed by atoms with Crippen LogP contribution in [0.5, 0.6) is 0 Å². The van der Waals surface area contributed by atoms with E-state index in [9.17, 15) is 9.59 Å². The second kappa shape index (κ2) is 8.67. The fourth-order valence-electron chi connectivity index (χ4n) is 2.53. The molecule has 1 aromatic carbocycles. The molecule has 26 heavy (non-hydrogen) atoms. The Morgan fingerprint density at radius 1 is 1.27 bits per heavy atom. The minimum atomic E-state index is -0.787. The number of carbonyl (C=O) groups excluding carboxylic acids is 2. The first-order valence-corrected chi connectivity index (χ1v) is 8.80. The van der Waals surface area contributed by atoms with Gasteiger partial charge in [-0.05, 0) is 51.5 Å². The van der Waals surface area contributed by atoms with E-state index in [4.69, 9.17) is 11.6 Å². The molecule has 2 aromatic rings. The van der Waals surface area contributed by atoms with Gasteiger partial charge in [-0.2, -0.15) is 5.10 Å². The largest absolute Gasteiger partial charge is 0.345 e. The summed E-state index contributed by atoms with van der Waals surface area (Å²) < 4.78 is 2.05. The monoisotopic (exact) mass is 374 g/mol. The quantitative estimate of drug-likeness (QED) is 0.479. The number of hydrazone groups is 1. The molecule has 1 heterocycles. The van der Waals surface area contributed by atoms with E-state index in [-0.39, 0.29) is 6.04 Å². The van der Waals surface area contributed by atoms with Crippen molar-refractivity contribution in [2.24, 2.45) is 5.10 Å². The van der Waals surface area contributed by atoms with Crippen LogP contribution in [0.2, 0.25) is 5.02 Å². The molecule has 138 valence electrons. The van der Waals surface area contributed by atoms with Gasteiger partial charge in [0.05, 0.1) is 6.21 Å². The van der Waals surface area contributed by atoms with Crippen LogP contribution in [0.4, 0.5) is 0 Å². The number of carbonyl (C=O) groups is 2. The van der Waals surface area contributed by atoms with Crippen molar-refractivity contribution in [1.82, 2.24) is 15.3 Å². The molecule has 0 saturated heterocycles. The molecule has 6 nitrogen and oxygen atoms in total. The van der Waals surface area contributed by atoms with Gasteiger partial charge in [0.1, 0.15) is 0 Å². The maximum absolute atomic E-state index is 11.7. The van der Waals surface area contributed by atoms with Gasteiger partial charge in [0, 0.05) is 33.7 Å². The molecule has 1 atom stereocenters. The predicted molar refractivity (Wildman–Crippen MR) is 104 cm³/mol. The van der Waals surface area contributed by atoms with Gasteiger partial charge in [0.25, 0.3) is 0 Å². The lowest BCUT2D eigenvalue weighted by atomic mass is 10.2. The summed E-state index contributed by atoms with van der Waals surface area (Å²) in [5.41, 5.74) is 6.00. The molecular weight excluding hydrogens is 352 g/mol. The van der Waals surface area contributed by atoms with E-state index in [1.165, 1.54) is 6.21 Å². The van der Waals surface area contributed by atoms with Crippen molar-refractivity contribution < 1.29 is 9.59 Å². The summed E-state index contributed by atoms with van der Waals surface area (Å²) in [5, 5.41) is 7.14. The average Bonchev–Trinajstić information content (AvgIpc) is 2.88. The van der Waals surface area contributed by atoms with Gasteiger partial charge in [-0.25, -0.2) is 5.43 Å². The molecule has 0 unspecified atom stereocenters. The predicted octanol–water partition coefficient (Wildman–Crippen LogP) is 3.11. The van der Waals surface area contributed by atoms with E-state index in [2.05, 4.69) is 15.8 Å². The molecule has 0 aliphatic carbocycles. The standard InChI is InChI=1S/C19H23ClN4O2/c1-5-12(2)22-18(25)19(26)23-21-11-15-9-13(3)24(14(15)4)17-8-6-7-16(20)10-17/h6-12H,5H2,1-4H3,(H,22,25)(H,23,26)/b21-11-/t12-/m0/s1. The lowest BCUT2D eigenvalue weighted by Gasteiger charge is -2.10. The van der Waals surface area contributed by atoms with E-state index in [1.807, 2.05) is 62.6 Å². The second-order valence-corrected chi connectivity index (χ2v) is 6.56. The van der Waals surface area contributed by atoms with E-state index in [1.54, 1.807) is 0 Å². The maximum Gasteiger partial charge on any atom is 0.329 e. The number of nitrogens with zero attached hydrogens (tertiary/aromatic N) is 2. The van der Waals surface area contributed by atoms with Crippen molar-refractivity contribution >= 4 is 29.6 Å². The molecule has 2 amide bonds. The molecule has 0 fully saturated rings. The van der Waals surface area contributed by atoms with Crippen LogP contribution in [-0.4, -0.2) is 28.6 Å². The Morgan fingerprint density at radius 2 is 2.00 bits per heavy atom. The molecule has 2 N–H and O–H groups in total. The summed E-state index contributed by atoms with van der Waals surface area (Å²) in [6.07, 6.45) is 2.27. The van der Waals surface area contributed by atoms with Gasteiger partial charge >= 0.3 is 11.8 Å². The summed E-state index contributed by atoms with van der Waals surface area (Å²) in [7, 11) is 0. The molecular formula is C19H23ClN4O2. The summed E-state index contributed by atoms with van der Waals surface area (Å²) in [4.78, 5) is 23.4. The van der Waals surface area contributed by atoms with Crippen molar-refractivity contribution in [3.63, 3.8) is 0 Å². The molecule has 0 aliphatic heterocycles. The number of halogens is 1. The first-order valence-electron chi connectivity index (χ1n) is 8.42. The SMILES string of the molecule is CC[C@H](C)NC(=O)C(=O)N/N=C\c1cc(C)n(-c2cccc(Cl)c2)c1C. The van der Waals surface area contributed by atoms with E-state index < -0.39 is 11.8 Å². The molecule has 0 aliphatic rings. The number of hydrogen-bond acceptors (Lipinski definition) is 3. The minimum Gasteiger partial charge on any atom is -0.345 e. The Bertz CT molecular complexity index is 842. The fraction of sp³-hybridized carbons (Fsp3) is 0.316. The average molecular weight is 375 g/mol. The van der Waals surface area contributed by atoms with Crippen LogP contribution in [0.15, 0.2) is 35.4 Å². The first-order chi connectivity index (χ1) is 12.3. The van der Waals surface area contributed by atoms with Crippen molar-refractivity contribution in [2.75, 3.05) is 0 Å². The lowest BCUT2D eigenvalue weighted by molar-refractivity contribution is -0.139. The Labute approximate surface area is 158 Å². The van der Waals surface area contributed by atoms with Crippen molar-refractivity contribution in [3.05, 3.63) is 52.3 Å². The number of rotatable bonds is 5. The highest BCUT2D eigenvalue weighted by atomic mass is 35.5. The maximum atomic E-state index is 11.7. The number of aromatic nitrogens is 1. The first kappa shape index (κ1) is 19.7. The van der Waals surface area contributed by atoms with Crippen LogP contribution in [-0.2, 0) is 9.59 Å². The van der Waals surface area contributed by atoms with E-state index in [0.29, 0.717) is 5.02 Å². The van der Waals surface area contributed by atoms with Crippen LogP contribution in [0, 0.1) is 13.8 Å². The summed E-state index contributed by atoms with van der Waals surface area (Å²) in [5.74, 6) is -1.48. The van der Waals surface area contributed by atoms with Crippen LogP contribution in [0.1, 0.15) is 37.2 Å². The molecule has 0 saturated carbocycles. The zero-order valence-electron chi connectivity index (χ0n) is 15.3. The fourth-order valence-corrected chi connectivity index (χ4v) is 2.72. The van der Waals surface area contributed by atoms with E-state index >= 15 is 0 Å². The molecule has 2 rings (SSSR count). The Kier molecular flexibility index (Phi) is 6.58. The third-order valence-electron chi connectivity index (χ3n) is 4.10. The third-order valence-corrected chi connectivity index (χ3v) is 4.34. The van der Waals surface area contributed by atoms with Gasteiger partial charge in [0.15, 0.2) is 0 Å². The van der Waals surface area contributed by atoms with Gasteiger partial charge in [-0.1, -0.05) is 24.6 Å². The van der Waals surface area contributed by atoms with Crippen molar-refractivity contribution in [2.45, 2.75) is 40.2 Å². The Morgan fingerprint density at radius 3 is 2.65 bits per heavy atom. The number of amides is 2. The zero-order valence-corrected chi connectivity index (χ0v) is 16.1. The minimum absolute atomic E-state index is 0.0612. The summed E-state index contributed by atoms with van der Waals surface area (Å²) in [6.45, 7) is 7.69. The summed E-state index contributed by atoms with van der Waals surface area (Å²) in [6, 6.07) is 9.44. The highest BCUT2D eigenvalue weighted by molar-refractivity contribution is 6.35. The third kappa shape index (κ3) is 4.73. The lowest BCUT2D eigenvalue weighted by Crippen LogP contribution is -2.41. The van der Waals surface area contributed by atoms with Gasteiger partial charge in [-0.3, -0.25) is 9.59 Å². The summed E-state index contributed by atoms with van der Waals surface area (Å²) >= 11 is 6.08. The second-order valence-electron chi connectivity index (χ2n) is 6.12. The number of nitrogens with one attached hydrogen (secondary N) is 2. The van der Waals surface area contributed by atoms with Gasteiger partial charge in [0.2, 0.25) is 0 Å². The van der Waals surface area contributed by atoms with Crippen LogP contribution in [0.3, 0.4) is 0 Å². The van der Waals surface area contributed by atoms with Crippen LogP contribution in [0.25, 0.3) is 5.69 Å². The van der Waals surface area contributed by atoms with Crippen molar-refractivity contribution in [1.29, 1.82) is 0 Å². The topological polar surface area (TPSA) is 75.5 Å². The number of aryl methyl sites for hydroxylation is 1. The van der Waals surface area contributed by atoms with Gasteiger partial charge < -0.3 is 9.88 Å². The van der Waals surface area contributed by atoms with Crippen LogP contribution >= 0.6 is 11.6 Å². The van der Waals surface area contributed by atoms with Crippen molar-refractivity contribution in [3.8, 4) is 5.69 Å². The van der Waals surface area contributed by atoms with E-state index in [0.717, 1.165) is 29.1 Å². The normalized spacial score (nSPS) is 12.2. The Hall–Kier alpha value is -2.60. The smallest absolute Gasteiger partial charge is 0.329 e. The molecule has 0 spiro atoms. The molecule has 0 bridgehead atoms. The Balaban J connectivity index is 2.11. The van der Waals surface area contributed by atoms with Crippen LogP contribution < -0.4 is 10.7 Å². The highest BCUT2D eigenvalue weighted by Gasteiger charge is 2.14.